The van der Waals surface area contributed by atoms with Gasteiger partial charge in [0, 0.05) is 43.6 Å². The first-order chi connectivity index (χ1) is 14.5. The molecule has 30 heavy (non-hydrogen) atoms. The summed E-state index contributed by atoms with van der Waals surface area (Å²) in [5.41, 5.74) is 2.58. The van der Waals surface area contributed by atoms with E-state index < -0.39 is 16.7 Å². The molecule has 2 heterocycles. The van der Waals surface area contributed by atoms with Gasteiger partial charge in [-0.3, -0.25) is 24.6 Å². The molecule has 8 nitrogen and oxygen atoms in total. The Kier molecular flexibility index (Phi) is 5.22. The van der Waals surface area contributed by atoms with E-state index in [2.05, 4.69) is 10.2 Å². The number of carbonyl (C=O) groups is 2. The molecule has 0 spiro atoms. The zero-order valence-electron chi connectivity index (χ0n) is 16.6. The van der Waals surface area contributed by atoms with Crippen LogP contribution < -0.4 is 10.2 Å². The van der Waals surface area contributed by atoms with Gasteiger partial charge < -0.3 is 10.2 Å². The van der Waals surface area contributed by atoms with Crippen molar-refractivity contribution in [3.63, 3.8) is 0 Å². The summed E-state index contributed by atoms with van der Waals surface area (Å²) >= 11 is 0. The van der Waals surface area contributed by atoms with E-state index in [4.69, 9.17) is 0 Å². The molecular weight excluding hydrogens is 384 g/mol. The van der Waals surface area contributed by atoms with Crippen molar-refractivity contribution in [2.45, 2.75) is 19.3 Å². The summed E-state index contributed by atoms with van der Waals surface area (Å²) in [5, 5.41) is 14.0. The summed E-state index contributed by atoms with van der Waals surface area (Å²) in [5.74, 6) is -0.880. The lowest BCUT2D eigenvalue weighted by atomic mass is 10.0. The molecule has 1 fully saturated rings. The molecule has 0 bridgehead atoms. The highest BCUT2D eigenvalue weighted by Gasteiger charge is 2.37. The van der Waals surface area contributed by atoms with E-state index >= 15 is 0 Å². The normalized spacial score (nSPS) is 17.0. The topological polar surface area (TPSA) is 95.8 Å². The average Bonchev–Trinajstić information content (AvgIpc) is 2.98. The van der Waals surface area contributed by atoms with Crippen molar-refractivity contribution in [1.82, 2.24) is 4.90 Å². The van der Waals surface area contributed by atoms with Gasteiger partial charge in [-0.15, -0.1) is 0 Å². The summed E-state index contributed by atoms with van der Waals surface area (Å²) in [4.78, 5) is 39.1. The number of anilines is 2. The fraction of sp³-hybridized carbons (Fsp3) is 0.273. The Morgan fingerprint density at radius 2 is 1.53 bits per heavy atom. The lowest BCUT2D eigenvalue weighted by molar-refractivity contribution is -0.384. The predicted octanol–water partition coefficient (Wildman–Crippen LogP) is 3.41. The minimum atomic E-state index is -0.505. The third-order valence-corrected chi connectivity index (χ3v) is 5.51. The number of hydrogen-bond acceptors (Lipinski definition) is 6. The Labute approximate surface area is 173 Å². The molecule has 0 aromatic heterocycles. The number of nitro benzene ring substituents is 1. The predicted molar refractivity (Wildman–Crippen MR) is 114 cm³/mol. The largest absolute Gasteiger partial charge is 0.372 e. The van der Waals surface area contributed by atoms with Crippen LogP contribution in [0.4, 0.5) is 17.1 Å². The lowest BCUT2D eigenvalue weighted by Crippen LogP contribution is -2.29. The quantitative estimate of drug-likeness (QED) is 0.464. The molecule has 0 saturated carbocycles. The SMILES string of the molecule is CN1C(=O)C(Nc2ccc(N3CCCCC3)cc2)=C(c2ccc([N+](=O)[O-])cc2)C1=O. The van der Waals surface area contributed by atoms with Gasteiger partial charge in [-0.2, -0.15) is 0 Å². The Bertz CT molecular complexity index is 1020. The molecule has 8 heteroatoms. The molecule has 0 unspecified atom stereocenters. The van der Waals surface area contributed by atoms with E-state index in [1.807, 2.05) is 24.3 Å². The summed E-state index contributed by atoms with van der Waals surface area (Å²) in [6.45, 7) is 2.08. The minimum Gasteiger partial charge on any atom is -0.372 e. The number of piperidine rings is 1. The molecule has 2 aromatic rings. The number of amides is 2. The van der Waals surface area contributed by atoms with Gasteiger partial charge in [-0.05, 0) is 61.2 Å². The van der Waals surface area contributed by atoms with Crippen molar-refractivity contribution in [3.8, 4) is 0 Å². The van der Waals surface area contributed by atoms with Gasteiger partial charge in [0.15, 0.2) is 0 Å². The number of nitrogens with zero attached hydrogens (tertiary/aromatic N) is 3. The second-order valence-electron chi connectivity index (χ2n) is 7.44. The van der Waals surface area contributed by atoms with Crippen LogP contribution in [0.5, 0.6) is 0 Å². The number of likely N-dealkylation sites (N-methyl/N-ethyl adjacent to an activating group) is 1. The van der Waals surface area contributed by atoms with E-state index in [1.54, 1.807) is 0 Å². The van der Waals surface area contributed by atoms with Gasteiger partial charge >= 0.3 is 0 Å². The monoisotopic (exact) mass is 406 g/mol. The van der Waals surface area contributed by atoms with Crippen LogP contribution in [-0.4, -0.2) is 41.8 Å². The summed E-state index contributed by atoms with van der Waals surface area (Å²) in [6, 6.07) is 13.4. The van der Waals surface area contributed by atoms with Gasteiger partial charge in [0.1, 0.15) is 5.70 Å². The standard InChI is InChI=1S/C22H22N4O4/c1-24-21(27)19(15-5-9-18(10-6-15)26(29)30)20(22(24)28)23-16-7-11-17(12-8-16)25-13-3-2-4-14-25/h5-12,23H,2-4,13-14H2,1H3. The molecule has 0 radical (unpaired) electrons. The number of nitro groups is 1. The maximum atomic E-state index is 12.7. The number of hydrogen-bond donors (Lipinski definition) is 1. The molecule has 2 aliphatic rings. The summed E-state index contributed by atoms with van der Waals surface area (Å²) in [6.07, 6.45) is 3.64. The van der Waals surface area contributed by atoms with Crippen molar-refractivity contribution < 1.29 is 14.5 Å². The van der Waals surface area contributed by atoms with Gasteiger partial charge in [0.25, 0.3) is 17.5 Å². The zero-order valence-corrected chi connectivity index (χ0v) is 16.6. The smallest absolute Gasteiger partial charge is 0.277 e. The molecule has 2 aliphatic heterocycles. The van der Waals surface area contributed by atoms with Crippen molar-refractivity contribution in [2.24, 2.45) is 0 Å². The number of rotatable bonds is 5. The highest BCUT2D eigenvalue weighted by molar-refractivity contribution is 6.36. The van der Waals surface area contributed by atoms with E-state index in [9.17, 15) is 19.7 Å². The number of nitrogens with one attached hydrogen (secondary N) is 1. The fourth-order valence-electron chi connectivity index (χ4n) is 3.83. The third kappa shape index (κ3) is 3.63. The first-order valence-electron chi connectivity index (χ1n) is 9.89. The van der Waals surface area contributed by atoms with Crippen molar-refractivity contribution in [3.05, 3.63) is 69.9 Å². The van der Waals surface area contributed by atoms with E-state index in [0.29, 0.717) is 11.3 Å². The molecule has 2 aromatic carbocycles. The Hall–Kier alpha value is -3.68. The molecule has 4 rings (SSSR count). The van der Waals surface area contributed by atoms with Crippen molar-refractivity contribution in [2.75, 3.05) is 30.4 Å². The first-order valence-corrected chi connectivity index (χ1v) is 9.89. The van der Waals surface area contributed by atoms with E-state index in [0.717, 1.165) is 23.7 Å². The number of benzene rings is 2. The molecule has 2 amide bonds. The van der Waals surface area contributed by atoms with Crippen LogP contribution in [0.3, 0.4) is 0 Å². The molecular formula is C22H22N4O4. The second-order valence-corrected chi connectivity index (χ2v) is 7.44. The number of carbonyl (C=O) groups excluding carboxylic acids is 2. The second kappa shape index (κ2) is 7.98. The van der Waals surface area contributed by atoms with Crippen LogP contribution >= 0.6 is 0 Å². The van der Waals surface area contributed by atoms with Crippen LogP contribution in [0, 0.1) is 10.1 Å². The highest BCUT2D eigenvalue weighted by atomic mass is 16.6. The maximum Gasteiger partial charge on any atom is 0.277 e. The van der Waals surface area contributed by atoms with Crippen molar-refractivity contribution >= 4 is 34.4 Å². The minimum absolute atomic E-state index is 0.0766. The van der Waals surface area contributed by atoms with Gasteiger partial charge in [-0.1, -0.05) is 0 Å². The Morgan fingerprint density at radius 3 is 2.13 bits per heavy atom. The van der Waals surface area contributed by atoms with Gasteiger partial charge in [-0.25, -0.2) is 0 Å². The average molecular weight is 406 g/mol. The summed E-state index contributed by atoms with van der Waals surface area (Å²) in [7, 11) is 1.42. The van der Waals surface area contributed by atoms with E-state index in [1.165, 1.54) is 50.6 Å². The van der Waals surface area contributed by atoms with Crippen LogP contribution in [0.2, 0.25) is 0 Å². The first kappa shape index (κ1) is 19.6. The highest BCUT2D eigenvalue weighted by Crippen LogP contribution is 2.31. The van der Waals surface area contributed by atoms with Gasteiger partial charge in [0.2, 0.25) is 0 Å². The molecule has 1 saturated heterocycles. The molecule has 1 N–H and O–H groups in total. The summed E-state index contributed by atoms with van der Waals surface area (Å²) < 4.78 is 0. The molecule has 0 atom stereocenters. The fourth-order valence-corrected chi connectivity index (χ4v) is 3.83. The third-order valence-electron chi connectivity index (χ3n) is 5.51. The van der Waals surface area contributed by atoms with Crippen LogP contribution in [-0.2, 0) is 9.59 Å². The van der Waals surface area contributed by atoms with Gasteiger partial charge in [0.05, 0.1) is 10.5 Å². The maximum absolute atomic E-state index is 12.7. The van der Waals surface area contributed by atoms with Crippen LogP contribution in [0.25, 0.3) is 5.57 Å². The number of non-ortho nitro benzene ring substituents is 1. The molecule has 154 valence electrons. The Balaban J connectivity index is 1.63. The number of imide groups is 1. The molecule has 0 aliphatic carbocycles. The van der Waals surface area contributed by atoms with Crippen LogP contribution in [0.1, 0.15) is 24.8 Å². The zero-order chi connectivity index (χ0) is 21.3. The van der Waals surface area contributed by atoms with Crippen LogP contribution in [0.15, 0.2) is 54.2 Å². The van der Waals surface area contributed by atoms with E-state index in [-0.39, 0.29) is 17.0 Å². The van der Waals surface area contributed by atoms with Crippen molar-refractivity contribution in [1.29, 1.82) is 0 Å². The lowest BCUT2D eigenvalue weighted by Gasteiger charge is -2.28. The Morgan fingerprint density at radius 1 is 0.900 bits per heavy atom.